The van der Waals surface area contributed by atoms with Crippen LogP contribution in [-0.4, -0.2) is 16.0 Å². The first-order valence-corrected chi connectivity index (χ1v) is 13.8. The number of benzene rings is 2. The van der Waals surface area contributed by atoms with Crippen molar-refractivity contribution in [2.75, 3.05) is 0 Å². The van der Waals surface area contributed by atoms with Gasteiger partial charge in [0.2, 0.25) is 0 Å². The Morgan fingerprint density at radius 3 is 2.32 bits per heavy atom. The summed E-state index contributed by atoms with van der Waals surface area (Å²) in [4.78, 5) is 18.1. The molecule has 4 bridgehead atoms. The summed E-state index contributed by atoms with van der Waals surface area (Å²) in [5, 5.41) is 3.23. The van der Waals surface area contributed by atoms with Crippen LogP contribution in [0.4, 0.5) is 5.69 Å². The zero-order valence-electron chi connectivity index (χ0n) is 19.6. The average molecular weight is 583 g/mol. The van der Waals surface area contributed by atoms with E-state index < -0.39 is 0 Å². The summed E-state index contributed by atoms with van der Waals surface area (Å²) in [6.45, 7) is 3.93. The molecule has 1 heterocycles. The van der Waals surface area contributed by atoms with E-state index in [4.69, 9.17) is 4.99 Å². The van der Waals surface area contributed by atoms with Crippen LogP contribution in [0, 0.1) is 31.6 Å². The molecule has 34 heavy (non-hydrogen) atoms. The van der Waals surface area contributed by atoms with Crippen molar-refractivity contribution in [2.24, 2.45) is 22.7 Å². The largest absolute Gasteiger partial charge is 0.295 e. The lowest BCUT2D eigenvalue weighted by atomic mass is 9.48. The second kappa shape index (κ2) is 8.34. The molecule has 0 amide bonds. The smallest absolute Gasteiger partial charge is 0.280 e. The van der Waals surface area contributed by atoms with Crippen LogP contribution in [0.1, 0.15) is 60.9 Å². The normalized spacial score (nSPS) is 27.7. The Morgan fingerprint density at radius 2 is 1.68 bits per heavy atom. The molecule has 2 aromatic carbocycles. The number of H-pyrrole nitrogens is 1. The van der Waals surface area contributed by atoms with Gasteiger partial charge in [-0.25, -0.2) is 4.68 Å². The number of rotatable bonds is 4. The lowest BCUT2D eigenvalue weighted by Gasteiger charge is -2.57. The minimum absolute atomic E-state index is 0.0833. The van der Waals surface area contributed by atoms with Crippen molar-refractivity contribution in [1.82, 2.24) is 9.78 Å². The van der Waals surface area contributed by atoms with Gasteiger partial charge in [0, 0.05) is 20.9 Å². The number of hydrogen-bond donors (Lipinski definition) is 1. The Balaban J connectivity index is 1.34. The Labute approximate surface area is 217 Å². The first kappa shape index (κ1) is 22.5. The van der Waals surface area contributed by atoms with Gasteiger partial charge in [-0.1, -0.05) is 22.0 Å². The van der Waals surface area contributed by atoms with E-state index in [2.05, 4.69) is 55.2 Å². The third-order valence-corrected chi connectivity index (χ3v) is 9.61. The van der Waals surface area contributed by atoms with Crippen molar-refractivity contribution in [2.45, 2.75) is 57.8 Å². The van der Waals surface area contributed by atoms with E-state index in [-0.39, 0.29) is 5.56 Å². The molecular weight excluding hydrogens is 554 g/mol. The monoisotopic (exact) mass is 581 g/mol. The molecule has 0 unspecified atom stereocenters. The maximum atomic E-state index is 13.2. The van der Waals surface area contributed by atoms with Crippen LogP contribution in [0.2, 0.25) is 0 Å². The zero-order chi connectivity index (χ0) is 23.6. The minimum atomic E-state index is -0.0833. The lowest BCUT2D eigenvalue weighted by molar-refractivity contribution is -0.00517. The van der Waals surface area contributed by atoms with Gasteiger partial charge >= 0.3 is 0 Å². The van der Waals surface area contributed by atoms with E-state index in [1.165, 1.54) is 44.1 Å². The van der Waals surface area contributed by atoms with Crippen LogP contribution in [-0.2, 0) is 5.41 Å². The van der Waals surface area contributed by atoms with Crippen LogP contribution >= 0.6 is 31.9 Å². The summed E-state index contributed by atoms with van der Waals surface area (Å²) in [5.41, 5.74) is 5.86. The van der Waals surface area contributed by atoms with Gasteiger partial charge in [0.15, 0.2) is 0 Å². The van der Waals surface area contributed by atoms with Crippen molar-refractivity contribution < 1.29 is 0 Å². The molecule has 7 rings (SSSR count). The molecule has 4 aliphatic carbocycles. The molecular formula is C28H29Br2N3O. The molecule has 0 saturated heterocycles. The third-order valence-electron chi connectivity index (χ3n) is 8.45. The fraction of sp³-hybridized carbons (Fsp3) is 0.429. The lowest BCUT2D eigenvalue weighted by Crippen LogP contribution is -2.48. The second-order valence-corrected chi connectivity index (χ2v) is 12.6. The van der Waals surface area contributed by atoms with E-state index in [0.29, 0.717) is 11.0 Å². The van der Waals surface area contributed by atoms with E-state index in [0.717, 1.165) is 49.3 Å². The van der Waals surface area contributed by atoms with Crippen molar-refractivity contribution in [3.8, 4) is 5.69 Å². The average Bonchev–Trinajstić information content (AvgIpc) is 3.05. The highest BCUT2D eigenvalue weighted by molar-refractivity contribution is 9.10. The van der Waals surface area contributed by atoms with Crippen molar-refractivity contribution in [3.05, 3.63) is 78.1 Å². The predicted octanol–water partition coefficient (Wildman–Crippen LogP) is 7.53. The van der Waals surface area contributed by atoms with E-state index in [9.17, 15) is 4.79 Å². The molecule has 1 aromatic heterocycles. The Kier molecular flexibility index (Phi) is 5.53. The highest BCUT2D eigenvalue weighted by Gasteiger charge is 2.51. The number of aromatic nitrogens is 2. The fourth-order valence-electron chi connectivity index (χ4n) is 7.29. The molecule has 6 heteroatoms. The van der Waals surface area contributed by atoms with Crippen LogP contribution in [0.5, 0.6) is 0 Å². The highest BCUT2D eigenvalue weighted by atomic mass is 79.9. The van der Waals surface area contributed by atoms with E-state index >= 15 is 0 Å². The van der Waals surface area contributed by atoms with E-state index in [1.807, 2.05) is 32.0 Å². The maximum absolute atomic E-state index is 13.2. The number of nitrogens with one attached hydrogen (secondary N) is 1. The molecule has 0 aliphatic heterocycles. The number of halogens is 2. The number of aryl methyl sites for hydroxylation is 2. The van der Waals surface area contributed by atoms with Gasteiger partial charge < -0.3 is 0 Å². The van der Waals surface area contributed by atoms with E-state index in [1.54, 1.807) is 10.9 Å². The molecule has 4 fully saturated rings. The number of aromatic amines is 1. The fourth-order valence-corrected chi connectivity index (χ4v) is 8.12. The molecule has 4 nitrogen and oxygen atoms in total. The predicted molar refractivity (Wildman–Crippen MR) is 145 cm³/mol. The summed E-state index contributed by atoms with van der Waals surface area (Å²) in [5.74, 6) is 2.72. The molecule has 0 spiro atoms. The highest BCUT2D eigenvalue weighted by Crippen LogP contribution is 2.61. The number of hydrogen-bond acceptors (Lipinski definition) is 2. The third kappa shape index (κ3) is 3.78. The van der Waals surface area contributed by atoms with Gasteiger partial charge in [-0.2, -0.15) is 0 Å². The summed E-state index contributed by atoms with van der Waals surface area (Å²) >= 11 is 7.20. The second-order valence-electron chi connectivity index (χ2n) is 10.8. The summed E-state index contributed by atoms with van der Waals surface area (Å²) in [6, 6.07) is 12.6. The van der Waals surface area contributed by atoms with Gasteiger partial charge in [-0.05, 0) is 133 Å². The molecule has 4 aliphatic rings. The van der Waals surface area contributed by atoms with Crippen molar-refractivity contribution >= 4 is 43.8 Å². The van der Waals surface area contributed by atoms with Crippen LogP contribution in [0.15, 0.2) is 55.1 Å². The Morgan fingerprint density at radius 1 is 1.00 bits per heavy atom. The minimum Gasteiger partial charge on any atom is -0.295 e. The first-order chi connectivity index (χ1) is 16.3. The van der Waals surface area contributed by atoms with Crippen molar-refractivity contribution in [1.29, 1.82) is 0 Å². The van der Waals surface area contributed by atoms with Crippen LogP contribution in [0.25, 0.3) is 5.69 Å². The Hall–Kier alpha value is -1.92. The molecule has 1 N–H and O–H groups in total. The molecule has 0 atom stereocenters. The van der Waals surface area contributed by atoms with Gasteiger partial charge in [-0.3, -0.25) is 14.9 Å². The summed E-state index contributed by atoms with van der Waals surface area (Å²) < 4.78 is 3.57. The summed E-state index contributed by atoms with van der Waals surface area (Å²) in [7, 11) is 0. The van der Waals surface area contributed by atoms with Gasteiger partial charge in [0.05, 0.1) is 16.9 Å². The number of aliphatic imine (C=N–C) groups is 1. The van der Waals surface area contributed by atoms with Gasteiger partial charge in [0.1, 0.15) is 0 Å². The van der Waals surface area contributed by atoms with Crippen LogP contribution in [0.3, 0.4) is 0 Å². The number of nitrogens with zero attached hydrogens (tertiary/aromatic N) is 2. The zero-order valence-corrected chi connectivity index (χ0v) is 22.7. The molecule has 176 valence electrons. The van der Waals surface area contributed by atoms with Crippen molar-refractivity contribution in [3.63, 3.8) is 0 Å². The quantitative estimate of drug-likeness (QED) is 0.318. The van der Waals surface area contributed by atoms with Gasteiger partial charge in [-0.15, -0.1) is 0 Å². The van der Waals surface area contributed by atoms with Gasteiger partial charge in [0.25, 0.3) is 5.56 Å². The Bertz CT molecular complexity index is 1330. The maximum Gasteiger partial charge on any atom is 0.280 e. The molecule has 4 saturated carbocycles. The SMILES string of the molecule is Cc1cc(Br)ccc1-n1[nH]c(C)c(C=Nc2cc(C34CC5CC(CC(C5)C3)C4)ccc2Br)c1=O. The molecule has 0 radical (unpaired) electrons. The summed E-state index contributed by atoms with van der Waals surface area (Å²) in [6.07, 6.45) is 10.0. The topological polar surface area (TPSA) is 50.1 Å². The van der Waals surface area contributed by atoms with Crippen LogP contribution < -0.4 is 5.56 Å². The first-order valence-electron chi connectivity index (χ1n) is 12.2. The standard InChI is InChI=1S/C28H29Br2N3O/c1-16-7-22(29)4-6-26(16)33-27(34)23(17(2)32-33)15-31-25-11-21(3-5-24(25)30)28-12-18-8-19(13-28)10-20(9-18)14-28/h3-7,11,15,18-20,32H,8-10,12-14H2,1-2H3. The molecule has 3 aromatic rings.